The number of hydrogen-bond acceptors (Lipinski definition) is 2. The van der Waals surface area contributed by atoms with Gasteiger partial charge in [0.15, 0.2) is 17.6 Å². The minimum Gasteiger partial charge on any atom is -0.352 e. The topological polar surface area (TPSA) is 60.2 Å². The monoisotopic (exact) mass is 346 g/mol. The van der Waals surface area contributed by atoms with Gasteiger partial charge in [0.2, 0.25) is 0 Å². The van der Waals surface area contributed by atoms with Crippen LogP contribution in [0.2, 0.25) is 0 Å². The van der Waals surface area contributed by atoms with Crippen LogP contribution in [0.15, 0.2) is 41.4 Å². The van der Waals surface area contributed by atoms with Crippen molar-refractivity contribution in [1.82, 2.24) is 10.6 Å². The lowest BCUT2D eigenvalue weighted by molar-refractivity contribution is 0.504. The van der Waals surface area contributed by atoms with Gasteiger partial charge in [0.25, 0.3) is 0 Å². The fraction of sp³-hybridized carbons (Fsp3) is 0.222. The van der Waals surface area contributed by atoms with Crippen molar-refractivity contribution in [3.63, 3.8) is 0 Å². The molecule has 25 heavy (non-hydrogen) atoms. The molecule has 0 spiro atoms. The van der Waals surface area contributed by atoms with Crippen LogP contribution in [0.3, 0.4) is 0 Å². The Bertz CT molecular complexity index is 828. The molecule has 2 N–H and O–H groups in total. The molecule has 0 saturated heterocycles. The minimum absolute atomic E-state index is 0.117. The van der Waals surface area contributed by atoms with E-state index in [0.29, 0.717) is 22.6 Å². The van der Waals surface area contributed by atoms with Gasteiger partial charge in [-0.2, -0.15) is 5.26 Å². The molecule has 0 amide bonds. The van der Waals surface area contributed by atoms with E-state index < -0.39 is 17.5 Å². The third-order valence-corrected chi connectivity index (χ3v) is 3.64. The quantitative estimate of drug-likeness (QED) is 0.659. The van der Waals surface area contributed by atoms with Crippen molar-refractivity contribution in [3.8, 4) is 6.07 Å². The lowest BCUT2D eigenvalue weighted by atomic mass is 10.1. The number of nitriles is 1. The molecule has 4 nitrogen and oxygen atoms in total. The Hall–Kier alpha value is -3.01. The SMILES string of the molecule is CN=C(NCc1cc(C#N)ccc1F)NC(C)c1ccc(F)c(F)c1. The highest BCUT2D eigenvalue weighted by Gasteiger charge is 2.11. The van der Waals surface area contributed by atoms with Crippen molar-refractivity contribution in [1.29, 1.82) is 5.26 Å². The molecule has 7 heteroatoms. The lowest BCUT2D eigenvalue weighted by Gasteiger charge is -2.18. The van der Waals surface area contributed by atoms with Gasteiger partial charge in [-0.3, -0.25) is 4.99 Å². The number of nitrogens with zero attached hydrogens (tertiary/aromatic N) is 2. The van der Waals surface area contributed by atoms with Gasteiger partial charge < -0.3 is 10.6 Å². The van der Waals surface area contributed by atoms with E-state index in [1.54, 1.807) is 6.92 Å². The van der Waals surface area contributed by atoms with Gasteiger partial charge in [-0.15, -0.1) is 0 Å². The second-order valence-electron chi connectivity index (χ2n) is 5.38. The van der Waals surface area contributed by atoms with Crippen molar-refractivity contribution in [2.24, 2.45) is 4.99 Å². The van der Waals surface area contributed by atoms with E-state index in [1.807, 2.05) is 6.07 Å². The van der Waals surface area contributed by atoms with Crippen LogP contribution in [0.5, 0.6) is 0 Å². The number of rotatable bonds is 4. The van der Waals surface area contributed by atoms with E-state index in [0.717, 1.165) is 12.1 Å². The molecule has 0 bridgehead atoms. The Morgan fingerprint density at radius 3 is 2.48 bits per heavy atom. The van der Waals surface area contributed by atoms with Gasteiger partial charge >= 0.3 is 0 Å². The molecule has 1 unspecified atom stereocenters. The highest BCUT2D eigenvalue weighted by Crippen LogP contribution is 2.16. The highest BCUT2D eigenvalue weighted by atomic mass is 19.2. The second kappa shape index (κ2) is 8.20. The summed E-state index contributed by atoms with van der Waals surface area (Å²) in [5, 5.41) is 14.8. The Labute approximate surface area is 144 Å². The van der Waals surface area contributed by atoms with E-state index in [4.69, 9.17) is 5.26 Å². The molecule has 1 atom stereocenters. The van der Waals surface area contributed by atoms with Crippen LogP contribution < -0.4 is 10.6 Å². The fourth-order valence-electron chi connectivity index (χ4n) is 2.22. The molecule has 130 valence electrons. The first-order valence-corrected chi connectivity index (χ1v) is 7.55. The second-order valence-corrected chi connectivity index (χ2v) is 5.38. The molecular formula is C18H17F3N4. The number of guanidine groups is 1. The maximum absolute atomic E-state index is 13.8. The first-order valence-electron chi connectivity index (χ1n) is 7.55. The third-order valence-electron chi connectivity index (χ3n) is 3.64. The van der Waals surface area contributed by atoms with Gasteiger partial charge in [-0.25, -0.2) is 13.2 Å². The lowest BCUT2D eigenvalue weighted by Crippen LogP contribution is -2.38. The number of benzene rings is 2. The van der Waals surface area contributed by atoms with Gasteiger partial charge in [0, 0.05) is 19.2 Å². The van der Waals surface area contributed by atoms with Crippen LogP contribution in [-0.2, 0) is 6.54 Å². The zero-order valence-corrected chi connectivity index (χ0v) is 13.8. The summed E-state index contributed by atoms with van der Waals surface area (Å²) in [5.74, 6) is -1.91. The van der Waals surface area contributed by atoms with Gasteiger partial charge in [-0.05, 0) is 42.8 Å². The van der Waals surface area contributed by atoms with Crippen molar-refractivity contribution >= 4 is 5.96 Å². The molecule has 0 aliphatic rings. The molecule has 0 aromatic heterocycles. The van der Waals surface area contributed by atoms with E-state index in [9.17, 15) is 13.2 Å². The van der Waals surface area contributed by atoms with Gasteiger partial charge in [-0.1, -0.05) is 6.07 Å². The van der Waals surface area contributed by atoms with Crippen LogP contribution in [0.25, 0.3) is 0 Å². The molecular weight excluding hydrogens is 329 g/mol. The van der Waals surface area contributed by atoms with E-state index in [2.05, 4.69) is 15.6 Å². The van der Waals surface area contributed by atoms with Crippen LogP contribution in [0.4, 0.5) is 13.2 Å². The van der Waals surface area contributed by atoms with Crippen LogP contribution in [-0.4, -0.2) is 13.0 Å². The van der Waals surface area contributed by atoms with Crippen molar-refractivity contribution in [2.45, 2.75) is 19.5 Å². The molecule has 0 fully saturated rings. The highest BCUT2D eigenvalue weighted by molar-refractivity contribution is 5.80. The minimum atomic E-state index is -0.926. The molecule has 0 saturated carbocycles. The Morgan fingerprint density at radius 2 is 1.84 bits per heavy atom. The largest absolute Gasteiger partial charge is 0.352 e. The fourth-order valence-corrected chi connectivity index (χ4v) is 2.22. The number of halogens is 3. The Morgan fingerprint density at radius 1 is 1.12 bits per heavy atom. The summed E-state index contributed by atoms with van der Waals surface area (Å²) in [4.78, 5) is 4.02. The van der Waals surface area contributed by atoms with E-state index >= 15 is 0 Å². The van der Waals surface area contributed by atoms with E-state index in [1.165, 1.54) is 31.3 Å². The molecule has 0 aliphatic heterocycles. The molecule has 0 heterocycles. The predicted molar refractivity (Wildman–Crippen MR) is 89.2 cm³/mol. The molecule has 0 radical (unpaired) electrons. The van der Waals surface area contributed by atoms with Crippen LogP contribution in [0, 0.1) is 28.8 Å². The summed E-state index contributed by atoms with van der Waals surface area (Å²) in [6.45, 7) is 1.88. The van der Waals surface area contributed by atoms with Crippen molar-refractivity contribution in [3.05, 3.63) is 70.5 Å². The average Bonchev–Trinajstić information content (AvgIpc) is 2.61. The standard InChI is InChI=1S/C18H17F3N4/c1-11(13-4-6-16(20)17(21)8-13)25-18(23-2)24-10-14-7-12(9-22)3-5-15(14)19/h3-8,11H,10H2,1-2H3,(H2,23,24,25). The molecule has 0 aliphatic carbocycles. The van der Waals surface area contributed by atoms with Gasteiger partial charge in [0.1, 0.15) is 5.82 Å². The summed E-state index contributed by atoms with van der Waals surface area (Å²) < 4.78 is 40.1. The Balaban J connectivity index is 2.03. The summed E-state index contributed by atoms with van der Waals surface area (Å²) in [6, 6.07) is 9.32. The average molecular weight is 346 g/mol. The predicted octanol–water partition coefficient (Wildman–Crippen LogP) is 3.40. The smallest absolute Gasteiger partial charge is 0.191 e. The van der Waals surface area contributed by atoms with E-state index in [-0.39, 0.29) is 12.6 Å². The maximum atomic E-state index is 13.8. The summed E-state index contributed by atoms with van der Waals surface area (Å²) in [6.07, 6.45) is 0. The number of nitrogens with one attached hydrogen (secondary N) is 2. The summed E-state index contributed by atoms with van der Waals surface area (Å²) in [7, 11) is 1.54. The number of aliphatic imine (C=N–C) groups is 1. The molecule has 2 rings (SSSR count). The van der Waals surface area contributed by atoms with Crippen LogP contribution >= 0.6 is 0 Å². The Kier molecular flexibility index (Phi) is 6.01. The van der Waals surface area contributed by atoms with Crippen molar-refractivity contribution in [2.75, 3.05) is 7.05 Å². The van der Waals surface area contributed by atoms with Crippen LogP contribution in [0.1, 0.15) is 29.7 Å². The zero-order chi connectivity index (χ0) is 18.4. The first-order chi connectivity index (χ1) is 11.9. The summed E-state index contributed by atoms with van der Waals surface area (Å²) in [5.41, 5.74) is 1.22. The third kappa shape index (κ3) is 4.73. The molecule has 2 aromatic carbocycles. The zero-order valence-electron chi connectivity index (χ0n) is 13.8. The van der Waals surface area contributed by atoms with Crippen molar-refractivity contribution < 1.29 is 13.2 Å². The number of hydrogen-bond donors (Lipinski definition) is 2. The molecule has 2 aromatic rings. The summed E-state index contributed by atoms with van der Waals surface area (Å²) >= 11 is 0. The van der Waals surface area contributed by atoms with Gasteiger partial charge in [0.05, 0.1) is 17.7 Å². The normalized spacial score (nSPS) is 12.4. The maximum Gasteiger partial charge on any atom is 0.191 e. The first kappa shape index (κ1) is 18.3.